The van der Waals surface area contributed by atoms with Gasteiger partial charge in [-0.05, 0) is 48.2 Å². The SMILES string of the molecule is O=C(c1ccc(F)cc1)N1CCCN([C@@H]2Cc3ccccc3[C@H]2O)CC1. The lowest BCUT2D eigenvalue weighted by atomic mass is 10.1. The second kappa shape index (κ2) is 7.17. The van der Waals surface area contributed by atoms with Crippen LogP contribution in [0.25, 0.3) is 0 Å². The Morgan fingerprint density at radius 1 is 1.00 bits per heavy atom. The van der Waals surface area contributed by atoms with Crippen molar-refractivity contribution in [3.05, 3.63) is 71.0 Å². The van der Waals surface area contributed by atoms with E-state index in [4.69, 9.17) is 0 Å². The van der Waals surface area contributed by atoms with Gasteiger partial charge in [0, 0.05) is 37.8 Å². The number of amides is 1. The van der Waals surface area contributed by atoms with Gasteiger partial charge in [-0.1, -0.05) is 24.3 Å². The largest absolute Gasteiger partial charge is 0.387 e. The molecular formula is C21H23FN2O2. The molecule has 1 fully saturated rings. The molecule has 26 heavy (non-hydrogen) atoms. The smallest absolute Gasteiger partial charge is 0.253 e. The fourth-order valence-corrected chi connectivity index (χ4v) is 4.13. The van der Waals surface area contributed by atoms with Crippen molar-refractivity contribution in [2.24, 2.45) is 0 Å². The molecule has 0 bridgehead atoms. The molecule has 2 aromatic carbocycles. The molecule has 0 aromatic heterocycles. The summed E-state index contributed by atoms with van der Waals surface area (Å²) >= 11 is 0. The maximum absolute atomic E-state index is 13.1. The summed E-state index contributed by atoms with van der Waals surface area (Å²) in [7, 11) is 0. The topological polar surface area (TPSA) is 43.8 Å². The molecule has 4 rings (SSSR count). The van der Waals surface area contributed by atoms with Crippen LogP contribution in [0.5, 0.6) is 0 Å². The van der Waals surface area contributed by atoms with E-state index in [1.807, 2.05) is 23.1 Å². The Morgan fingerprint density at radius 3 is 2.54 bits per heavy atom. The van der Waals surface area contributed by atoms with Crippen LogP contribution in [0.3, 0.4) is 0 Å². The van der Waals surface area contributed by atoms with E-state index in [0.717, 1.165) is 31.5 Å². The number of rotatable bonds is 2. The van der Waals surface area contributed by atoms with Crippen molar-refractivity contribution in [3.63, 3.8) is 0 Å². The second-order valence-corrected chi connectivity index (χ2v) is 7.10. The number of hydrogen-bond donors (Lipinski definition) is 1. The van der Waals surface area contributed by atoms with Gasteiger partial charge in [0.25, 0.3) is 5.91 Å². The molecule has 1 aliphatic carbocycles. The van der Waals surface area contributed by atoms with Gasteiger partial charge in [-0.2, -0.15) is 0 Å². The molecule has 2 atom stereocenters. The van der Waals surface area contributed by atoms with Crippen molar-refractivity contribution in [2.75, 3.05) is 26.2 Å². The van der Waals surface area contributed by atoms with E-state index in [1.165, 1.54) is 29.8 Å². The first-order chi connectivity index (χ1) is 12.6. The highest BCUT2D eigenvalue weighted by atomic mass is 19.1. The molecule has 4 nitrogen and oxygen atoms in total. The summed E-state index contributed by atoms with van der Waals surface area (Å²) in [5.74, 6) is -0.388. The summed E-state index contributed by atoms with van der Waals surface area (Å²) in [5, 5.41) is 10.7. The van der Waals surface area contributed by atoms with Crippen LogP contribution in [0.2, 0.25) is 0 Å². The highest BCUT2D eigenvalue weighted by Gasteiger charge is 2.35. The van der Waals surface area contributed by atoms with Gasteiger partial charge in [0.15, 0.2) is 0 Å². The second-order valence-electron chi connectivity index (χ2n) is 7.10. The molecule has 136 valence electrons. The number of aliphatic hydroxyl groups excluding tert-OH is 1. The van der Waals surface area contributed by atoms with E-state index in [-0.39, 0.29) is 17.8 Å². The van der Waals surface area contributed by atoms with Crippen LogP contribution in [-0.2, 0) is 6.42 Å². The average Bonchev–Trinajstić information content (AvgIpc) is 2.84. The summed E-state index contributed by atoms with van der Waals surface area (Å²) in [5.41, 5.74) is 2.77. The molecule has 1 amide bonds. The van der Waals surface area contributed by atoms with Crippen molar-refractivity contribution in [3.8, 4) is 0 Å². The molecule has 0 saturated carbocycles. The summed E-state index contributed by atoms with van der Waals surface area (Å²) in [6.07, 6.45) is 1.25. The zero-order valence-electron chi connectivity index (χ0n) is 14.6. The predicted octanol–water partition coefficient (Wildman–Crippen LogP) is 2.63. The summed E-state index contributed by atoms with van der Waals surface area (Å²) in [4.78, 5) is 16.8. The van der Waals surface area contributed by atoms with Crippen LogP contribution >= 0.6 is 0 Å². The quantitative estimate of drug-likeness (QED) is 0.902. The van der Waals surface area contributed by atoms with Gasteiger partial charge in [0.05, 0.1) is 6.10 Å². The number of carbonyl (C=O) groups is 1. The zero-order valence-corrected chi connectivity index (χ0v) is 14.6. The number of hydrogen-bond acceptors (Lipinski definition) is 3. The number of aliphatic hydroxyl groups is 1. The van der Waals surface area contributed by atoms with E-state index in [1.54, 1.807) is 0 Å². The third-order valence-electron chi connectivity index (χ3n) is 5.55. The number of benzene rings is 2. The van der Waals surface area contributed by atoms with Crippen LogP contribution in [0.15, 0.2) is 48.5 Å². The molecule has 2 aromatic rings. The lowest BCUT2D eigenvalue weighted by Gasteiger charge is -2.30. The van der Waals surface area contributed by atoms with Gasteiger partial charge in [-0.3, -0.25) is 9.69 Å². The van der Waals surface area contributed by atoms with Crippen LogP contribution < -0.4 is 0 Å². The van der Waals surface area contributed by atoms with Gasteiger partial charge < -0.3 is 10.0 Å². The molecule has 0 spiro atoms. The van der Waals surface area contributed by atoms with Crippen LogP contribution in [0.4, 0.5) is 4.39 Å². The number of halogens is 1. The molecule has 5 heteroatoms. The Morgan fingerprint density at radius 2 is 1.77 bits per heavy atom. The minimum atomic E-state index is -0.467. The third kappa shape index (κ3) is 3.24. The molecule has 1 heterocycles. The molecule has 0 unspecified atom stereocenters. The zero-order chi connectivity index (χ0) is 18.1. The van der Waals surface area contributed by atoms with Gasteiger partial charge >= 0.3 is 0 Å². The van der Waals surface area contributed by atoms with Crippen molar-refractivity contribution < 1.29 is 14.3 Å². The molecule has 1 N–H and O–H groups in total. The molecule has 0 radical (unpaired) electrons. The van der Waals surface area contributed by atoms with Gasteiger partial charge in [-0.15, -0.1) is 0 Å². The lowest BCUT2D eigenvalue weighted by Crippen LogP contribution is -2.41. The first kappa shape index (κ1) is 17.2. The highest BCUT2D eigenvalue weighted by Crippen LogP contribution is 2.34. The monoisotopic (exact) mass is 354 g/mol. The normalized spacial score (nSPS) is 23.5. The first-order valence-corrected chi connectivity index (χ1v) is 9.18. The van der Waals surface area contributed by atoms with E-state index >= 15 is 0 Å². The predicted molar refractivity (Wildman–Crippen MR) is 97.4 cm³/mol. The first-order valence-electron chi connectivity index (χ1n) is 9.18. The average molecular weight is 354 g/mol. The summed E-state index contributed by atoms with van der Waals surface area (Å²) < 4.78 is 13.1. The fourth-order valence-electron chi connectivity index (χ4n) is 4.13. The van der Waals surface area contributed by atoms with Crippen molar-refractivity contribution >= 4 is 5.91 Å². The Hall–Kier alpha value is -2.24. The third-order valence-corrected chi connectivity index (χ3v) is 5.55. The molecular weight excluding hydrogens is 331 g/mol. The molecule has 1 aliphatic heterocycles. The maximum atomic E-state index is 13.1. The van der Waals surface area contributed by atoms with Crippen LogP contribution in [0, 0.1) is 5.82 Å². The van der Waals surface area contributed by atoms with Crippen LogP contribution in [0.1, 0.15) is 34.0 Å². The number of fused-ring (bicyclic) bond motifs is 1. The molecule has 1 saturated heterocycles. The minimum Gasteiger partial charge on any atom is -0.387 e. The highest BCUT2D eigenvalue weighted by molar-refractivity contribution is 5.94. The van der Waals surface area contributed by atoms with Gasteiger partial charge in [0.1, 0.15) is 5.82 Å². The lowest BCUT2D eigenvalue weighted by molar-refractivity contribution is 0.0605. The van der Waals surface area contributed by atoms with Crippen molar-refractivity contribution in [1.82, 2.24) is 9.80 Å². The van der Waals surface area contributed by atoms with Crippen molar-refractivity contribution in [1.29, 1.82) is 0 Å². The summed E-state index contributed by atoms with van der Waals surface area (Å²) in [6, 6.07) is 13.9. The van der Waals surface area contributed by atoms with Crippen molar-refractivity contribution in [2.45, 2.75) is 25.0 Å². The molecule has 2 aliphatic rings. The van der Waals surface area contributed by atoms with E-state index in [0.29, 0.717) is 18.7 Å². The van der Waals surface area contributed by atoms with E-state index in [9.17, 15) is 14.3 Å². The Kier molecular flexibility index (Phi) is 4.74. The Labute approximate surface area is 152 Å². The van der Waals surface area contributed by atoms with E-state index in [2.05, 4.69) is 11.0 Å². The maximum Gasteiger partial charge on any atom is 0.253 e. The number of nitrogens with zero attached hydrogens (tertiary/aromatic N) is 2. The Bertz CT molecular complexity index is 793. The van der Waals surface area contributed by atoms with Crippen LogP contribution in [-0.4, -0.2) is 53.0 Å². The summed E-state index contributed by atoms with van der Waals surface area (Å²) in [6.45, 7) is 2.91. The fraction of sp³-hybridized carbons (Fsp3) is 0.381. The standard InChI is InChI=1S/C21H23FN2O2/c22-17-8-6-15(7-9-17)21(26)24-11-3-10-23(12-13-24)19-14-16-4-1-2-5-18(16)20(19)25/h1-2,4-9,19-20,25H,3,10-14H2/t19-,20-/m1/s1. The number of carbonyl (C=O) groups excluding carboxylic acids is 1. The van der Waals surface area contributed by atoms with Gasteiger partial charge in [-0.25, -0.2) is 4.39 Å². The minimum absolute atomic E-state index is 0.0536. The van der Waals surface area contributed by atoms with E-state index < -0.39 is 6.10 Å². The van der Waals surface area contributed by atoms with Gasteiger partial charge in [0.2, 0.25) is 0 Å². The Balaban J connectivity index is 1.43.